The van der Waals surface area contributed by atoms with Gasteiger partial charge in [-0.05, 0) is 28.9 Å². The minimum absolute atomic E-state index is 0.322. The second kappa shape index (κ2) is 5.52. The molecule has 2 heterocycles. The van der Waals surface area contributed by atoms with Crippen molar-refractivity contribution in [2.45, 2.75) is 18.2 Å². The average Bonchev–Trinajstić information content (AvgIpc) is 2.88. The molecule has 2 aromatic heterocycles. The summed E-state index contributed by atoms with van der Waals surface area (Å²) in [6, 6.07) is 1.62. The summed E-state index contributed by atoms with van der Waals surface area (Å²) in [5, 5.41) is 0. The van der Waals surface area contributed by atoms with Gasteiger partial charge in [-0.15, -0.1) is 11.3 Å². The number of halogens is 1. The van der Waals surface area contributed by atoms with Gasteiger partial charge in [-0.1, -0.05) is 0 Å². The van der Waals surface area contributed by atoms with Gasteiger partial charge in [0.1, 0.15) is 5.82 Å². The first-order chi connectivity index (χ1) is 8.49. The smallest absolute Gasteiger partial charge is 0.241 e. The Bertz CT molecular complexity index is 620. The van der Waals surface area contributed by atoms with Gasteiger partial charge in [-0.2, -0.15) is 0 Å². The molecule has 0 aliphatic carbocycles. The summed E-state index contributed by atoms with van der Waals surface area (Å²) < 4.78 is 27.5. The van der Waals surface area contributed by atoms with E-state index in [1.165, 1.54) is 11.3 Å². The standard InChI is InChI=1S/C10H12BrN3O2S2/c1-7-8(6-9(11)17-7)18(15,16)14-3-2-10-12-4-5-13-10/h4-6,14H,2-3H2,1H3,(H,12,13). The number of hydrogen-bond acceptors (Lipinski definition) is 4. The van der Waals surface area contributed by atoms with Gasteiger partial charge in [-0.3, -0.25) is 0 Å². The molecule has 0 fully saturated rings. The normalized spacial score (nSPS) is 11.9. The predicted molar refractivity (Wildman–Crippen MR) is 74.2 cm³/mol. The highest BCUT2D eigenvalue weighted by Crippen LogP contribution is 2.29. The summed E-state index contributed by atoms with van der Waals surface area (Å²) in [5.41, 5.74) is 0. The number of thiophene rings is 1. The molecule has 0 atom stereocenters. The lowest BCUT2D eigenvalue weighted by molar-refractivity contribution is 0.581. The number of nitrogens with zero attached hydrogens (tertiary/aromatic N) is 1. The summed E-state index contributed by atoms with van der Waals surface area (Å²) in [5.74, 6) is 0.765. The first-order valence-electron chi connectivity index (χ1n) is 5.23. The van der Waals surface area contributed by atoms with Crippen LogP contribution in [0.25, 0.3) is 0 Å². The number of rotatable bonds is 5. The third-order valence-electron chi connectivity index (χ3n) is 2.34. The largest absolute Gasteiger partial charge is 0.349 e. The monoisotopic (exact) mass is 349 g/mol. The van der Waals surface area contributed by atoms with E-state index in [4.69, 9.17) is 0 Å². The number of hydrogen-bond donors (Lipinski definition) is 2. The molecular formula is C10H12BrN3O2S2. The predicted octanol–water partition coefficient (Wildman–Crippen LogP) is 2.06. The zero-order chi connectivity index (χ0) is 13.2. The molecule has 0 spiro atoms. The van der Waals surface area contributed by atoms with Crippen LogP contribution in [0.5, 0.6) is 0 Å². The molecule has 2 rings (SSSR count). The Morgan fingerprint density at radius 1 is 1.56 bits per heavy atom. The van der Waals surface area contributed by atoms with Gasteiger partial charge >= 0.3 is 0 Å². The quantitative estimate of drug-likeness (QED) is 0.867. The molecule has 0 radical (unpaired) electrons. The SMILES string of the molecule is Cc1sc(Br)cc1S(=O)(=O)NCCc1ncc[nH]1. The Kier molecular flexibility index (Phi) is 4.21. The van der Waals surface area contributed by atoms with E-state index in [0.29, 0.717) is 17.9 Å². The van der Waals surface area contributed by atoms with Crippen LogP contribution in [0.3, 0.4) is 0 Å². The zero-order valence-electron chi connectivity index (χ0n) is 9.60. The van der Waals surface area contributed by atoms with E-state index in [1.807, 2.05) is 0 Å². The zero-order valence-corrected chi connectivity index (χ0v) is 12.8. The van der Waals surface area contributed by atoms with Gasteiger partial charge in [-0.25, -0.2) is 18.1 Å². The maximum atomic E-state index is 12.0. The Morgan fingerprint density at radius 2 is 2.33 bits per heavy atom. The lowest BCUT2D eigenvalue weighted by Gasteiger charge is -2.04. The Balaban J connectivity index is 2.02. The van der Waals surface area contributed by atoms with Gasteiger partial charge in [0.15, 0.2) is 0 Å². The molecule has 0 aliphatic heterocycles. The molecule has 0 saturated heterocycles. The fourth-order valence-corrected chi connectivity index (χ4v) is 4.96. The molecule has 2 N–H and O–H groups in total. The topological polar surface area (TPSA) is 74.8 Å². The molecule has 98 valence electrons. The van der Waals surface area contributed by atoms with Crippen LogP contribution >= 0.6 is 27.3 Å². The fraction of sp³-hybridized carbons (Fsp3) is 0.300. The van der Waals surface area contributed by atoms with Crippen molar-refractivity contribution in [3.63, 3.8) is 0 Å². The van der Waals surface area contributed by atoms with Crippen molar-refractivity contribution in [2.24, 2.45) is 0 Å². The van der Waals surface area contributed by atoms with E-state index in [1.54, 1.807) is 25.4 Å². The molecule has 5 nitrogen and oxygen atoms in total. The van der Waals surface area contributed by atoms with Crippen LogP contribution in [0.4, 0.5) is 0 Å². The highest BCUT2D eigenvalue weighted by Gasteiger charge is 2.18. The Labute approximate surface area is 118 Å². The van der Waals surface area contributed by atoms with Crippen LogP contribution in [0.2, 0.25) is 0 Å². The molecule has 0 aliphatic rings. The summed E-state index contributed by atoms with van der Waals surface area (Å²) >= 11 is 4.69. The Morgan fingerprint density at radius 3 is 2.89 bits per heavy atom. The summed E-state index contributed by atoms with van der Waals surface area (Å²) in [4.78, 5) is 8.06. The maximum absolute atomic E-state index is 12.0. The highest BCUT2D eigenvalue weighted by atomic mass is 79.9. The van der Waals surface area contributed by atoms with Crippen molar-refractivity contribution in [3.05, 3.63) is 32.9 Å². The van der Waals surface area contributed by atoms with Crippen molar-refractivity contribution >= 4 is 37.3 Å². The van der Waals surface area contributed by atoms with Crippen LogP contribution in [-0.4, -0.2) is 24.9 Å². The van der Waals surface area contributed by atoms with Crippen molar-refractivity contribution in [1.82, 2.24) is 14.7 Å². The lowest BCUT2D eigenvalue weighted by atomic mass is 10.4. The molecule has 18 heavy (non-hydrogen) atoms. The summed E-state index contributed by atoms with van der Waals surface area (Å²) in [6.45, 7) is 2.11. The van der Waals surface area contributed by atoms with Gasteiger partial charge in [0.2, 0.25) is 10.0 Å². The van der Waals surface area contributed by atoms with Crippen LogP contribution in [0, 0.1) is 6.92 Å². The van der Waals surface area contributed by atoms with E-state index in [-0.39, 0.29) is 0 Å². The second-order valence-corrected chi connectivity index (χ2v) is 8.03. The van der Waals surface area contributed by atoms with E-state index in [2.05, 4.69) is 30.6 Å². The minimum atomic E-state index is -3.43. The minimum Gasteiger partial charge on any atom is -0.349 e. The third-order valence-corrected chi connectivity index (χ3v) is 5.61. The van der Waals surface area contributed by atoms with Crippen LogP contribution in [0.1, 0.15) is 10.7 Å². The number of sulfonamides is 1. The van der Waals surface area contributed by atoms with Crippen molar-refractivity contribution < 1.29 is 8.42 Å². The molecule has 0 bridgehead atoms. The molecule has 2 aromatic rings. The van der Waals surface area contributed by atoms with E-state index >= 15 is 0 Å². The van der Waals surface area contributed by atoms with Crippen molar-refractivity contribution in [1.29, 1.82) is 0 Å². The van der Waals surface area contributed by atoms with E-state index in [9.17, 15) is 8.42 Å². The highest BCUT2D eigenvalue weighted by molar-refractivity contribution is 9.11. The van der Waals surface area contributed by atoms with Crippen LogP contribution < -0.4 is 4.72 Å². The lowest BCUT2D eigenvalue weighted by Crippen LogP contribution is -2.26. The second-order valence-electron chi connectivity index (χ2n) is 3.65. The average molecular weight is 350 g/mol. The number of nitrogens with one attached hydrogen (secondary N) is 2. The van der Waals surface area contributed by atoms with Crippen molar-refractivity contribution in [2.75, 3.05) is 6.54 Å². The Hall–Kier alpha value is -0.700. The summed E-state index contributed by atoms with van der Waals surface area (Å²) in [6.07, 6.45) is 3.89. The van der Waals surface area contributed by atoms with Gasteiger partial charge in [0, 0.05) is 30.2 Å². The molecule has 0 aromatic carbocycles. The number of aromatic amines is 1. The van der Waals surface area contributed by atoms with E-state index in [0.717, 1.165) is 14.5 Å². The summed E-state index contributed by atoms with van der Waals surface area (Å²) in [7, 11) is -3.43. The molecule has 8 heteroatoms. The van der Waals surface area contributed by atoms with Gasteiger partial charge in [0.05, 0.1) is 8.68 Å². The van der Waals surface area contributed by atoms with Crippen LogP contribution in [-0.2, 0) is 16.4 Å². The number of H-pyrrole nitrogens is 1. The maximum Gasteiger partial charge on any atom is 0.241 e. The molecular weight excluding hydrogens is 338 g/mol. The first-order valence-corrected chi connectivity index (χ1v) is 8.32. The molecule has 0 saturated carbocycles. The van der Waals surface area contributed by atoms with Crippen LogP contribution in [0.15, 0.2) is 27.1 Å². The molecule has 0 amide bonds. The number of aromatic nitrogens is 2. The first kappa shape index (κ1) is 13.7. The van der Waals surface area contributed by atoms with Gasteiger partial charge in [0.25, 0.3) is 0 Å². The van der Waals surface area contributed by atoms with Gasteiger partial charge < -0.3 is 4.98 Å². The third kappa shape index (κ3) is 3.19. The number of imidazole rings is 1. The van der Waals surface area contributed by atoms with E-state index < -0.39 is 10.0 Å². The fourth-order valence-electron chi connectivity index (χ4n) is 1.51. The molecule has 0 unspecified atom stereocenters. The number of aryl methyl sites for hydroxylation is 1. The van der Waals surface area contributed by atoms with Crippen molar-refractivity contribution in [3.8, 4) is 0 Å².